The lowest BCUT2D eigenvalue weighted by Crippen LogP contribution is -2.76. The van der Waals surface area contributed by atoms with E-state index in [0.29, 0.717) is 24.4 Å². The van der Waals surface area contributed by atoms with Gasteiger partial charge in [-0.2, -0.15) is 5.26 Å². The average molecular weight is 674 g/mol. The molecule has 7 rings (SSSR count). The van der Waals surface area contributed by atoms with E-state index in [1.807, 2.05) is 6.08 Å². The predicted molar refractivity (Wildman–Crippen MR) is 196 cm³/mol. The second-order valence-corrected chi connectivity index (χ2v) is 16.2. The van der Waals surface area contributed by atoms with Crippen LogP contribution in [0.3, 0.4) is 0 Å². The minimum atomic E-state index is -0.257. The molecule has 0 bridgehead atoms. The summed E-state index contributed by atoms with van der Waals surface area (Å²) in [6, 6.07) is 12.8. The maximum absolute atomic E-state index is 9.91. The minimum Gasteiger partial charge on any atom is -0.483 e. The normalized spacial score (nSPS) is 37.1. The number of benzene rings is 1. The van der Waals surface area contributed by atoms with Gasteiger partial charge in [0, 0.05) is 69.7 Å². The second kappa shape index (κ2) is 15.6. The van der Waals surface area contributed by atoms with Crippen molar-refractivity contribution in [2.75, 3.05) is 58.3 Å². The van der Waals surface area contributed by atoms with Crippen LogP contribution in [0.25, 0.3) is 0 Å². The first-order chi connectivity index (χ1) is 23.9. The maximum atomic E-state index is 9.91. The van der Waals surface area contributed by atoms with Crippen LogP contribution in [-0.2, 0) is 4.74 Å². The Hall–Kier alpha value is -2.19. The zero-order valence-electron chi connectivity index (χ0n) is 30.6. The standard InChI is InChI=1S/C40H63N7O2/c1-5-23-45-25-26-46(28-32(45)20-22-41)38-34-19-21-40(30(2)44(4)36-17-11-12-18-37(36)49-40)27-35(34)42-39(48-29-33-16-13-24-43(33)3)47(38)31-14-9-7-6-8-10-15-31/h5,11-12,17-18,30-35,38-39,42H,1,6-10,13-16,19-21,23-29H2,2-4H3/t30?,32?,33?,34?,35?,38?,39?,40-/m1/s1. The van der Waals surface area contributed by atoms with Gasteiger partial charge in [0.25, 0.3) is 0 Å². The molecule has 1 aromatic carbocycles. The van der Waals surface area contributed by atoms with Gasteiger partial charge in [-0.05, 0) is 71.2 Å². The van der Waals surface area contributed by atoms with Crippen molar-refractivity contribution in [3.05, 3.63) is 36.9 Å². The summed E-state index contributed by atoms with van der Waals surface area (Å²) < 4.78 is 14.3. The van der Waals surface area contributed by atoms with E-state index in [0.717, 1.165) is 64.3 Å². The van der Waals surface area contributed by atoms with E-state index in [1.165, 1.54) is 63.5 Å². The highest BCUT2D eigenvalue weighted by atomic mass is 16.5. The van der Waals surface area contributed by atoms with Gasteiger partial charge >= 0.3 is 0 Å². The van der Waals surface area contributed by atoms with Gasteiger partial charge in [-0.1, -0.05) is 50.3 Å². The number of para-hydroxylation sites is 2. The molecule has 2 saturated carbocycles. The monoisotopic (exact) mass is 674 g/mol. The molecule has 0 radical (unpaired) electrons. The van der Waals surface area contributed by atoms with Crippen molar-refractivity contribution in [2.45, 2.75) is 139 Å². The van der Waals surface area contributed by atoms with Crippen molar-refractivity contribution in [3.8, 4) is 11.8 Å². The summed E-state index contributed by atoms with van der Waals surface area (Å²) in [5.41, 5.74) is 0.933. The van der Waals surface area contributed by atoms with Gasteiger partial charge in [0.2, 0.25) is 0 Å². The van der Waals surface area contributed by atoms with Gasteiger partial charge in [0.1, 0.15) is 11.4 Å². The number of hydrogen-bond donors (Lipinski definition) is 1. The molecule has 1 N–H and O–H groups in total. The van der Waals surface area contributed by atoms with Crippen LogP contribution in [0, 0.1) is 17.2 Å². The molecule has 1 spiro atoms. The van der Waals surface area contributed by atoms with E-state index in [1.54, 1.807) is 0 Å². The molecule has 49 heavy (non-hydrogen) atoms. The average Bonchev–Trinajstić information content (AvgIpc) is 3.51. The quantitative estimate of drug-likeness (QED) is 0.354. The van der Waals surface area contributed by atoms with Crippen LogP contribution in [0.1, 0.15) is 90.4 Å². The van der Waals surface area contributed by atoms with Crippen LogP contribution in [0.5, 0.6) is 5.75 Å². The van der Waals surface area contributed by atoms with Gasteiger partial charge in [-0.3, -0.25) is 15.1 Å². The number of ether oxygens (including phenoxy) is 2. The predicted octanol–water partition coefficient (Wildman–Crippen LogP) is 5.64. The highest BCUT2D eigenvalue weighted by Gasteiger charge is 2.57. The lowest BCUT2D eigenvalue weighted by atomic mass is 9.68. The Morgan fingerprint density at radius 2 is 1.82 bits per heavy atom. The molecule has 3 saturated heterocycles. The topological polar surface area (TPSA) is 70.5 Å². The van der Waals surface area contributed by atoms with Crippen molar-refractivity contribution in [3.63, 3.8) is 0 Å². The third kappa shape index (κ3) is 7.16. The van der Waals surface area contributed by atoms with Crippen molar-refractivity contribution >= 4 is 5.69 Å². The Kier molecular flexibility index (Phi) is 11.2. The van der Waals surface area contributed by atoms with E-state index >= 15 is 0 Å². The first-order valence-electron chi connectivity index (χ1n) is 19.7. The highest BCUT2D eigenvalue weighted by Crippen LogP contribution is 2.50. The first-order valence-corrected chi connectivity index (χ1v) is 19.7. The molecule has 1 aromatic rings. The lowest BCUT2D eigenvalue weighted by molar-refractivity contribution is -0.222. The molecule has 4 aliphatic heterocycles. The molecule has 9 nitrogen and oxygen atoms in total. The SMILES string of the molecule is C=CCN1CCN(C2C3CC[C@]4(CC3NC(OCC3CCCN3C)N2C2CCCCCCC2)Oc2ccccc2N(C)C4C)CC1CC#N. The number of nitrogens with one attached hydrogen (secondary N) is 1. The van der Waals surface area contributed by atoms with E-state index in [9.17, 15) is 5.26 Å². The molecule has 9 heteroatoms. The molecule has 270 valence electrons. The molecule has 0 aromatic heterocycles. The summed E-state index contributed by atoms with van der Waals surface area (Å²) in [7, 11) is 4.51. The van der Waals surface area contributed by atoms with E-state index in [4.69, 9.17) is 9.47 Å². The molecule has 8 atom stereocenters. The zero-order valence-corrected chi connectivity index (χ0v) is 30.6. The fourth-order valence-electron chi connectivity index (χ4n) is 10.6. The first kappa shape index (κ1) is 35.2. The van der Waals surface area contributed by atoms with E-state index in [2.05, 4.69) is 87.7 Å². The Morgan fingerprint density at radius 1 is 1.02 bits per heavy atom. The molecule has 0 amide bonds. The van der Waals surface area contributed by atoms with Crippen molar-refractivity contribution < 1.29 is 9.47 Å². The maximum Gasteiger partial charge on any atom is 0.167 e. The molecular weight excluding hydrogens is 610 g/mol. The molecule has 6 aliphatic rings. The number of nitrogens with zero attached hydrogens (tertiary/aromatic N) is 6. The van der Waals surface area contributed by atoms with Gasteiger partial charge < -0.3 is 19.3 Å². The fraction of sp³-hybridized carbons (Fsp3) is 0.775. The van der Waals surface area contributed by atoms with Crippen LogP contribution >= 0.6 is 0 Å². The molecule has 7 unspecified atom stereocenters. The molecular formula is C40H63N7O2. The number of hydrogen-bond acceptors (Lipinski definition) is 9. The summed E-state index contributed by atoms with van der Waals surface area (Å²) in [5.74, 6) is 1.47. The highest BCUT2D eigenvalue weighted by molar-refractivity contribution is 5.61. The Labute approximate surface area is 296 Å². The number of rotatable bonds is 8. The van der Waals surface area contributed by atoms with Crippen LogP contribution in [0.2, 0.25) is 0 Å². The number of likely N-dealkylation sites (N-methyl/N-ethyl adjacent to an activating group) is 2. The third-order valence-corrected chi connectivity index (χ3v) is 13.5. The summed E-state index contributed by atoms with van der Waals surface area (Å²) in [5, 5.41) is 14.1. The van der Waals surface area contributed by atoms with Crippen LogP contribution in [0.15, 0.2) is 36.9 Å². The van der Waals surface area contributed by atoms with Gasteiger partial charge in [0.05, 0.1) is 37.0 Å². The largest absolute Gasteiger partial charge is 0.483 e. The van der Waals surface area contributed by atoms with Crippen molar-refractivity contribution in [1.29, 1.82) is 5.26 Å². The Morgan fingerprint density at radius 3 is 2.57 bits per heavy atom. The van der Waals surface area contributed by atoms with Crippen molar-refractivity contribution in [1.82, 2.24) is 24.9 Å². The lowest BCUT2D eigenvalue weighted by Gasteiger charge is -2.62. The van der Waals surface area contributed by atoms with Gasteiger partial charge in [-0.15, -0.1) is 6.58 Å². The summed E-state index contributed by atoms with van der Waals surface area (Å²) in [6.07, 6.45) is 17.4. The smallest absolute Gasteiger partial charge is 0.167 e. The Balaban J connectivity index is 1.23. The van der Waals surface area contributed by atoms with E-state index < -0.39 is 0 Å². The number of piperazine rings is 1. The molecule has 2 aliphatic carbocycles. The van der Waals surface area contributed by atoms with Crippen LogP contribution in [0.4, 0.5) is 5.69 Å². The number of anilines is 1. The van der Waals surface area contributed by atoms with Crippen LogP contribution in [-0.4, -0.2) is 121 Å². The van der Waals surface area contributed by atoms with E-state index in [-0.39, 0.29) is 36.2 Å². The summed E-state index contributed by atoms with van der Waals surface area (Å²) in [4.78, 5) is 13.1. The second-order valence-electron chi connectivity index (χ2n) is 16.2. The third-order valence-electron chi connectivity index (χ3n) is 13.5. The van der Waals surface area contributed by atoms with Gasteiger partial charge in [0.15, 0.2) is 6.35 Å². The fourth-order valence-corrected chi connectivity index (χ4v) is 10.6. The Bertz CT molecular complexity index is 1300. The number of fused-ring (bicyclic) bond motifs is 2. The molecule has 5 fully saturated rings. The van der Waals surface area contributed by atoms with Crippen molar-refractivity contribution in [2.24, 2.45) is 5.92 Å². The number of nitriles is 1. The van der Waals surface area contributed by atoms with Gasteiger partial charge in [-0.25, -0.2) is 4.90 Å². The van der Waals surface area contributed by atoms with Crippen LogP contribution < -0.4 is 15.0 Å². The zero-order chi connectivity index (χ0) is 34.0. The summed E-state index contributed by atoms with van der Waals surface area (Å²) >= 11 is 0. The summed E-state index contributed by atoms with van der Waals surface area (Å²) in [6.45, 7) is 12.1. The number of likely N-dealkylation sites (tertiary alicyclic amines) is 1. The minimum absolute atomic E-state index is 0.135. The molecule has 4 heterocycles.